The number of methoxy groups -OCH3 is 2. The molecule has 11 nitrogen and oxygen atoms in total. The number of carbonyl (C=O) groups excluding carboxylic acids is 4. The predicted octanol–water partition coefficient (Wildman–Crippen LogP) is 4.88. The van der Waals surface area contributed by atoms with Crippen molar-refractivity contribution in [2.75, 3.05) is 41.4 Å². The van der Waals surface area contributed by atoms with E-state index in [4.69, 9.17) is 15.2 Å². The molecule has 290 valence electrons. The molecule has 12 heteroatoms. The number of nitrogens with two attached hydrogens (primary N) is 1. The van der Waals surface area contributed by atoms with Gasteiger partial charge in [0.25, 0.3) is 0 Å². The molecule has 3 rings (SSSR count). The lowest BCUT2D eigenvalue weighted by Gasteiger charge is -2.40. The van der Waals surface area contributed by atoms with Gasteiger partial charge < -0.3 is 30.3 Å². The number of hydrogen-bond donors (Lipinski definition) is 2. The summed E-state index contributed by atoms with van der Waals surface area (Å²) in [5, 5.41) is 5.89. The van der Waals surface area contributed by atoms with Gasteiger partial charge in [0.1, 0.15) is 5.78 Å². The molecule has 0 radical (unpaired) electrons. The fourth-order valence-corrected chi connectivity index (χ4v) is 8.27. The third kappa shape index (κ3) is 11.0. The number of likely N-dealkylation sites (N-methyl/N-ethyl adjacent to an activating group) is 2. The first-order chi connectivity index (χ1) is 24.7. The van der Waals surface area contributed by atoms with Gasteiger partial charge in [-0.3, -0.25) is 19.2 Å². The lowest BCUT2D eigenvalue weighted by molar-refractivity contribution is -0.148. The number of hydrogen-bond acceptors (Lipinski definition) is 10. The van der Waals surface area contributed by atoms with E-state index < -0.39 is 35.6 Å². The minimum absolute atomic E-state index is 0.00464. The quantitative estimate of drug-likeness (QED) is 0.173. The van der Waals surface area contributed by atoms with E-state index in [1.165, 1.54) is 0 Å². The van der Waals surface area contributed by atoms with Crippen molar-refractivity contribution in [3.8, 4) is 0 Å². The second-order valence-corrected chi connectivity index (χ2v) is 15.9. The Morgan fingerprint density at radius 1 is 1.10 bits per heavy atom. The van der Waals surface area contributed by atoms with Crippen LogP contribution in [0, 0.1) is 17.8 Å². The molecule has 2 heterocycles. The van der Waals surface area contributed by atoms with Gasteiger partial charge in [-0.15, -0.1) is 11.3 Å². The van der Waals surface area contributed by atoms with Crippen molar-refractivity contribution in [1.82, 2.24) is 20.1 Å². The van der Waals surface area contributed by atoms with Gasteiger partial charge in [-0.2, -0.15) is 0 Å². The lowest BCUT2D eigenvalue weighted by Crippen LogP contribution is -2.54. The monoisotopic (exact) mass is 741 g/mol. The molecule has 1 aliphatic heterocycles. The lowest BCUT2D eigenvalue weighted by atomic mass is 9.85. The van der Waals surface area contributed by atoms with Crippen LogP contribution < -0.4 is 11.1 Å². The van der Waals surface area contributed by atoms with Gasteiger partial charge in [0.05, 0.1) is 47.2 Å². The van der Waals surface area contributed by atoms with E-state index in [1.807, 2.05) is 49.3 Å². The first-order valence-corrected chi connectivity index (χ1v) is 19.6. The number of rotatable bonds is 22. The van der Waals surface area contributed by atoms with E-state index in [0.717, 1.165) is 29.8 Å². The zero-order valence-electron chi connectivity index (χ0n) is 32.8. The molecule has 0 saturated carbocycles. The van der Waals surface area contributed by atoms with Crippen LogP contribution in [0.2, 0.25) is 0 Å². The molecule has 2 aromatic rings. The van der Waals surface area contributed by atoms with Crippen LogP contribution in [-0.4, -0.2) is 109 Å². The molecule has 1 saturated heterocycles. The number of likely N-dealkylation sites (tertiary alicyclic amines) is 1. The molecule has 0 spiro atoms. The number of Topliss-reactive ketones (excluding diaryl/α,β-unsaturated/α-hetero) is 2. The summed E-state index contributed by atoms with van der Waals surface area (Å²) < 4.78 is 12.0. The number of ketones is 2. The van der Waals surface area contributed by atoms with Gasteiger partial charge in [0.2, 0.25) is 11.8 Å². The highest BCUT2D eigenvalue weighted by Crippen LogP contribution is 2.33. The summed E-state index contributed by atoms with van der Waals surface area (Å²) in [5.74, 6) is -1.55. The summed E-state index contributed by atoms with van der Waals surface area (Å²) in [5.41, 5.74) is 6.43. The fourth-order valence-electron chi connectivity index (χ4n) is 7.53. The molecule has 1 aliphatic rings. The molecule has 52 heavy (non-hydrogen) atoms. The van der Waals surface area contributed by atoms with Gasteiger partial charge >= 0.3 is 0 Å². The fraction of sp³-hybridized carbons (Fsp3) is 0.675. The SMILES string of the molecule is CC[C@H](C)[C@@H]([C@@H](CC(=O)N1CCC[C@H]1[C@H](OC)[C@@H](C)C(=O)C[C@@H](Cc1ccccc1)c1nccs1)OC)N(C)C(=O)[C@H](CN)CC(=O)C(C)(C)NC. The molecule has 8 atom stereocenters. The summed E-state index contributed by atoms with van der Waals surface area (Å²) in [6, 6.07) is 9.44. The Bertz CT molecular complexity index is 1420. The highest BCUT2D eigenvalue weighted by atomic mass is 32.1. The minimum atomic E-state index is -0.788. The van der Waals surface area contributed by atoms with Crippen molar-refractivity contribution in [2.45, 2.75) is 115 Å². The van der Waals surface area contributed by atoms with Crippen molar-refractivity contribution in [3.63, 3.8) is 0 Å². The number of aromatic nitrogens is 1. The van der Waals surface area contributed by atoms with Crippen molar-refractivity contribution >= 4 is 34.7 Å². The van der Waals surface area contributed by atoms with E-state index in [1.54, 1.807) is 64.6 Å². The average Bonchev–Trinajstić information content (AvgIpc) is 3.87. The molecule has 0 bridgehead atoms. The van der Waals surface area contributed by atoms with Crippen LogP contribution in [0.5, 0.6) is 0 Å². The highest BCUT2D eigenvalue weighted by molar-refractivity contribution is 7.09. The Hall–Kier alpha value is -3.03. The molecule has 1 fully saturated rings. The Morgan fingerprint density at radius 2 is 1.79 bits per heavy atom. The number of benzene rings is 1. The van der Waals surface area contributed by atoms with Crippen LogP contribution >= 0.6 is 11.3 Å². The molecular weight excluding hydrogens is 679 g/mol. The standard InChI is InChI=1S/C40H63N5O6S/c1-10-26(2)36(44(7)39(49)30(25-41)23-34(47)40(4,5)42-6)33(50-8)24-35(48)45-19-14-17-31(45)37(51-9)27(3)32(46)22-29(38-43-18-20-52-38)21-28-15-12-11-13-16-28/h11-13,15-16,18,20,26-27,29-31,33,36-37,42H,10,14,17,19,21-25,41H2,1-9H3/t26-,27-,29+,30-,31-,33+,36-,37+/m0/s1. The molecule has 0 unspecified atom stereocenters. The van der Waals surface area contributed by atoms with Crippen molar-refractivity contribution in [3.05, 3.63) is 52.5 Å². The van der Waals surface area contributed by atoms with Crippen molar-refractivity contribution < 1.29 is 28.7 Å². The molecule has 2 amide bonds. The van der Waals surface area contributed by atoms with E-state index in [0.29, 0.717) is 19.4 Å². The molecule has 0 aliphatic carbocycles. The average molecular weight is 742 g/mol. The van der Waals surface area contributed by atoms with Crippen LogP contribution in [-0.2, 0) is 35.1 Å². The molecule has 1 aromatic carbocycles. The van der Waals surface area contributed by atoms with Crippen LogP contribution in [0.25, 0.3) is 0 Å². The van der Waals surface area contributed by atoms with Crippen molar-refractivity contribution in [1.29, 1.82) is 0 Å². The smallest absolute Gasteiger partial charge is 0.227 e. The molecule has 1 aromatic heterocycles. The first-order valence-electron chi connectivity index (χ1n) is 18.7. The van der Waals surface area contributed by atoms with Gasteiger partial charge in [-0.25, -0.2) is 4.98 Å². The van der Waals surface area contributed by atoms with Crippen molar-refractivity contribution in [2.24, 2.45) is 23.5 Å². The van der Waals surface area contributed by atoms with Crippen LogP contribution in [0.15, 0.2) is 41.9 Å². The van der Waals surface area contributed by atoms with Gasteiger partial charge in [0.15, 0.2) is 5.78 Å². The van der Waals surface area contributed by atoms with Crippen LogP contribution in [0.3, 0.4) is 0 Å². The zero-order valence-corrected chi connectivity index (χ0v) is 33.6. The van der Waals surface area contributed by atoms with Gasteiger partial charge in [0, 0.05) is 70.6 Å². The summed E-state index contributed by atoms with van der Waals surface area (Å²) in [6.45, 7) is 10.1. The van der Waals surface area contributed by atoms with E-state index in [-0.39, 0.29) is 60.6 Å². The van der Waals surface area contributed by atoms with Gasteiger partial charge in [-0.1, -0.05) is 57.5 Å². The second-order valence-electron chi connectivity index (χ2n) is 15.0. The second kappa shape index (κ2) is 20.4. The van der Waals surface area contributed by atoms with Crippen LogP contribution in [0.4, 0.5) is 0 Å². The third-order valence-electron chi connectivity index (χ3n) is 11.3. The molecule has 3 N–H and O–H groups in total. The first kappa shape index (κ1) is 43.4. The maximum absolute atomic E-state index is 14.2. The summed E-state index contributed by atoms with van der Waals surface area (Å²) in [4.78, 5) is 63.1. The number of nitrogens with zero attached hydrogens (tertiary/aromatic N) is 3. The topological polar surface area (TPSA) is 144 Å². The Morgan fingerprint density at radius 3 is 2.35 bits per heavy atom. The minimum Gasteiger partial charge on any atom is -0.379 e. The summed E-state index contributed by atoms with van der Waals surface area (Å²) in [6.07, 6.45) is 4.08. The number of ether oxygens (including phenoxy) is 2. The van der Waals surface area contributed by atoms with E-state index >= 15 is 0 Å². The predicted molar refractivity (Wildman–Crippen MR) is 206 cm³/mol. The van der Waals surface area contributed by atoms with Crippen LogP contribution in [0.1, 0.15) is 89.6 Å². The van der Waals surface area contributed by atoms with Gasteiger partial charge in [-0.05, 0) is 51.6 Å². The number of amides is 2. The molecular formula is C40H63N5O6S. The Kier molecular flexibility index (Phi) is 17.0. The zero-order chi connectivity index (χ0) is 38.6. The maximum atomic E-state index is 14.2. The Balaban J connectivity index is 1.77. The normalized spacial score (nSPS) is 19.0. The Labute approximate surface area is 315 Å². The summed E-state index contributed by atoms with van der Waals surface area (Å²) >= 11 is 1.56. The number of nitrogens with one attached hydrogen (secondary N) is 1. The van der Waals surface area contributed by atoms with E-state index in [2.05, 4.69) is 22.4 Å². The van der Waals surface area contributed by atoms with E-state index in [9.17, 15) is 19.2 Å². The largest absolute Gasteiger partial charge is 0.379 e. The number of thiazole rings is 1. The maximum Gasteiger partial charge on any atom is 0.227 e. The number of carbonyl (C=O) groups is 4. The third-order valence-corrected chi connectivity index (χ3v) is 12.3. The highest BCUT2D eigenvalue weighted by Gasteiger charge is 2.43. The summed E-state index contributed by atoms with van der Waals surface area (Å²) in [7, 11) is 6.62.